The number of benzene rings is 1. The Morgan fingerprint density at radius 2 is 1.71 bits per heavy atom. The van der Waals surface area contributed by atoms with Crippen LogP contribution < -0.4 is 0 Å². The van der Waals surface area contributed by atoms with Crippen molar-refractivity contribution in [1.29, 1.82) is 0 Å². The highest BCUT2D eigenvalue weighted by molar-refractivity contribution is 6.30. The van der Waals surface area contributed by atoms with Crippen molar-refractivity contribution >= 4 is 11.6 Å². The predicted molar refractivity (Wildman–Crippen MR) is 99.4 cm³/mol. The van der Waals surface area contributed by atoms with Gasteiger partial charge >= 0.3 is 0 Å². The second-order valence-electron chi connectivity index (χ2n) is 7.18. The maximum absolute atomic E-state index is 6.03. The molecule has 0 aromatic heterocycles. The molecule has 2 fully saturated rings. The highest BCUT2D eigenvalue weighted by Gasteiger charge is 2.32. The molecule has 1 heterocycles. The number of halogens is 1. The van der Waals surface area contributed by atoms with E-state index in [4.69, 9.17) is 21.1 Å². The molecule has 24 heavy (non-hydrogen) atoms. The Labute approximate surface area is 151 Å². The maximum Gasteiger partial charge on any atom is 0.160 e. The first-order valence-corrected chi connectivity index (χ1v) is 9.79. The molecule has 0 amide bonds. The lowest BCUT2D eigenvalue weighted by Gasteiger charge is -2.37. The summed E-state index contributed by atoms with van der Waals surface area (Å²) in [6, 6.07) is 8.35. The van der Waals surface area contributed by atoms with Crippen molar-refractivity contribution in [3.63, 3.8) is 0 Å². The Balaban J connectivity index is 1.43. The van der Waals surface area contributed by atoms with E-state index in [1.54, 1.807) is 0 Å². The molecule has 0 unspecified atom stereocenters. The van der Waals surface area contributed by atoms with Gasteiger partial charge in [0.25, 0.3) is 0 Å². The normalized spacial score (nSPS) is 31.4. The van der Waals surface area contributed by atoms with E-state index in [1.807, 2.05) is 12.1 Å². The third-order valence-electron chi connectivity index (χ3n) is 5.31. The third kappa shape index (κ3) is 4.84. The molecule has 2 nitrogen and oxygen atoms in total. The summed E-state index contributed by atoms with van der Waals surface area (Å²) in [5, 5.41) is 0.819. The average molecular weight is 349 g/mol. The van der Waals surface area contributed by atoms with E-state index in [9.17, 15) is 0 Å². The first-order valence-electron chi connectivity index (χ1n) is 9.41. The van der Waals surface area contributed by atoms with Gasteiger partial charge in [0.1, 0.15) is 0 Å². The minimum Gasteiger partial charge on any atom is -0.352 e. The fourth-order valence-electron chi connectivity index (χ4n) is 3.83. The van der Waals surface area contributed by atoms with E-state index in [2.05, 4.69) is 31.2 Å². The molecule has 1 aliphatic heterocycles. The Morgan fingerprint density at radius 1 is 1.04 bits per heavy atom. The van der Waals surface area contributed by atoms with E-state index in [-0.39, 0.29) is 6.29 Å². The van der Waals surface area contributed by atoms with Gasteiger partial charge in [-0.25, -0.2) is 0 Å². The lowest BCUT2D eigenvalue weighted by atomic mass is 9.78. The zero-order valence-electron chi connectivity index (χ0n) is 14.6. The van der Waals surface area contributed by atoms with Crippen molar-refractivity contribution < 1.29 is 9.47 Å². The summed E-state index contributed by atoms with van der Waals surface area (Å²) in [5.41, 5.74) is 1.42. The lowest BCUT2D eigenvalue weighted by Crippen LogP contribution is -2.37. The summed E-state index contributed by atoms with van der Waals surface area (Å²) in [4.78, 5) is 0. The van der Waals surface area contributed by atoms with Crippen LogP contribution in [0.15, 0.2) is 36.4 Å². The molecule has 1 aromatic rings. The number of hydrogen-bond donors (Lipinski definition) is 0. The van der Waals surface area contributed by atoms with Crippen LogP contribution >= 0.6 is 11.6 Å². The second-order valence-corrected chi connectivity index (χ2v) is 7.61. The minimum atomic E-state index is 0.00647. The summed E-state index contributed by atoms with van der Waals surface area (Å²) in [6.45, 7) is 3.82. The van der Waals surface area contributed by atoms with Gasteiger partial charge in [-0.2, -0.15) is 0 Å². The van der Waals surface area contributed by atoms with Crippen molar-refractivity contribution in [2.75, 3.05) is 13.2 Å². The zero-order valence-corrected chi connectivity index (χ0v) is 15.4. The summed E-state index contributed by atoms with van der Waals surface area (Å²) < 4.78 is 12.1. The minimum absolute atomic E-state index is 0.00647. The van der Waals surface area contributed by atoms with Crippen molar-refractivity contribution in [1.82, 2.24) is 0 Å². The highest BCUT2D eigenvalue weighted by atomic mass is 35.5. The standard InChI is InChI=1S/C21H29ClO2/c1-2-3-4-5-16-14-23-21(24-15-16)19-8-6-17(7-9-19)18-10-12-20(22)13-11-18/h4-5,10-13,16-17,19,21H,2-3,6-9,14-15H2,1H3/b5-4+. The number of ether oxygens (including phenoxy) is 2. The number of unbranched alkanes of at least 4 members (excludes halogenated alkanes) is 1. The average Bonchev–Trinajstić information content (AvgIpc) is 2.63. The summed E-state index contributed by atoms with van der Waals surface area (Å²) in [6.07, 6.45) is 11.7. The van der Waals surface area contributed by atoms with E-state index >= 15 is 0 Å². The van der Waals surface area contributed by atoms with Gasteiger partial charge in [0.05, 0.1) is 13.2 Å². The van der Waals surface area contributed by atoms with Gasteiger partial charge in [-0.05, 0) is 55.7 Å². The molecule has 1 aliphatic carbocycles. The van der Waals surface area contributed by atoms with Crippen LogP contribution in [0.3, 0.4) is 0 Å². The molecule has 0 atom stereocenters. The van der Waals surface area contributed by atoms with Crippen molar-refractivity contribution in [3.8, 4) is 0 Å². The van der Waals surface area contributed by atoms with Crippen molar-refractivity contribution in [2.24, 2.45) is 11.8 Å². The van der Waals surface area contributed by atoms with Crippen LogP contribution in [-0.4, -0.2) is 19.5 Å². The number of hydrogen-bond acceptors (Lipinski definition) is 2. The van der Waals surface area contributed by atoms with Crippen LogP contribution in [0.5, 0.6) is 0 Å². The Kier molecular flexibility index (Phi) is 6.76. The molecule has 1 saturated carbocycles. The van der Waals surface area contributed by atoms with Gasteiger partial charge in [-0.3, -0.25) is 0 Å². The number of rotatable bonds is 5. The van der Waals surface area contributed by atoms with Crippen LogP contribution in [-0.2, 0) is 9.47 Å². The van der Waals surface area contributed by atoms with Crippen LogP contribution in [0.25, 0.3) is 0 Å². The van der Waals surface area contributed by atoms with Crippen LogP contribution in [0, 0.1) is 11.8 Å². The molecule has 0 radical (unpaired) electrons. The Hall–Kier alpha value is -0.830. The van der Waals surface area contributed by atoms with Gasteiger partial charge in [0.15, 0.2) is 6.29 Å². The van der Waals surface area contributed by atoms with Gasteiger partial charge < -0.3 is 9.47 Å². The predicted octanol–water partition coefficient (Wildman–Crippen LogP) is 5.96. The van der Waals surface area contributed by atoms with Crippen molar-refractivity contribution in [2.45, 2.75) is 57.7 Å². The molecule has 2 aliphatic rings. The molecule has 0 N–H and O–H groups in total. The maximum atomic E-state index is 6.03. The molecule has 0 bridgehead atoms. The smallest absolute Gasteiger partial charge is 0.160 e. The van der Waals surface area contributed by atoms with E-state index in [1.165, 1.54) is 37.7 Å². The lowest BCUT2D eigenvalue weighted by molar-refractivity contribution is -0.222. The van der Waals surface area contributed by atoms with Gasteiger partial charge in [-0.1, -0.05) is 49.2 Å². The fraction of sp³-hybridized carbons (Fsp3) is 0.619. The SMILES string of the molecule is CCC/C=C/C1COC(C2CCC(c3ccc(Cl)cc3)CC2)OC1. The van der Waals surface area contributed by atoms with E-state index < -0.39 is 0 Å². The molecule has 0 spiro atoms. The van der Waals surface area contributed by atoms with E-state index in [0.717, 1.165) is 24.7 Å². The van der Waals surface area contributed by atoms with Crippen LogP contribution in [0.4, 0.5) is 0 Å². The molecular formula is C21H29ClO2. The summed E-state index contributed by atoms with van der Waals surface area (Å²) in [7, 11) is 0. The third-order valence-corrected chi connectivity index (χ3v) is 5.56. The summed E-state index contributed by atoms with van der Waals surface area (Å²) in [5.74, 6) is 1.64. The Morgan fingerprint density at radius 3 is 2.33 bits per heavy atom. The largest absolute Gasteiger partial charge is 0.352 e. The first-order chi connectivity index (χ1) is 11.8. The first kappa shape index (κ1) is 18.0. The second kappa shape index (κ2) is 9.03. The van der Waals surface area contributed by atoms with Gasteiger partial charge in [0.2, 0.25) is 0 Å². The monoisotopic (exact) mass is 348 g/mol. The van der Waals surface area contributed by atoms with Gasteiger partial charge in [-0.15, -0.1) is 0 Å². The highest BCUT2D eigenvalue weighted by Crippen LogP contribution is 2.39. The molecule has 3 heteroatoms. The molecule has 3 rings (SSSR count). The fourth-order valence-corrected chi connectivity index (χ4v) is 3.96. The Bertz CT molecular complexity index is 509. The van der Waals surface area contributed by atoms with Gasteiger partial charge in [0, 0.05) is 16.9 Å². The number of allylic oxidation sites excluding steroid dienone is 1. The molecule has 1 saturated heterocycles. The van der Waals surface area contributed by atoms with E-state index in [0.29, 0.717) is 17.8 Å². The van der Waals surface area contributed by atoms with Crippen LogP contribution in [0.1, 0.15) is 56.9 Å². The van der Waals surface area contributed by atoms with Crippen molar-refractivity contribution in [3.05, 3.63) is 47.0 Å². The zero-order chi connectivity index (χ0) is 16.8. The molecular weight excluding hydrogens is 320 g/mol. The molecule has 132 valence electrons. The summed E-state index contributed by atoms with van der Waals surface area (Å²) >= 11 is 5.99. The topological polar surface area (TPSA) is 18.5 Å². The molecule has 1 aromatic carbocycles. The van der Waals surface area contributed by atoms with Crippen LogP contribution in [0.2, 0.25) is 5.02 Å². The quantitative estimate of drug-likeness (QED) is 0.611.